The summed E-state index contributed by atoms with van der Waals surface area (Å²) in [5.41, 5.74) is 5.28. The number of carbonyl (C=O) groups is 1. The Bertz CT molecular complexity index is 1990. The first kappa shape index (κ1) is 28.9. The first-order valence-corrected chi connectivity index (χ1v) is 14.1. The first-order valence-electron chi connectivity index (χ1n) is 14.1. The summed E-state index contributed by atoms with van der Waals surface area (Å²) in [6.07, 6.45) is 8.33. The number of imidazole rings is 1. The van der Waals surface area contributed by atoms with Crippen LogP contribution in [0, 0.1) is 11.2 Å². The number of H-pyrrole nitrogens is 2. The SMILES string of the molecule is CN(C)CCOc1cc(F)cc(-c2cncc3[nH]c(-c4n[nH]c5cnc(-c6cncc(NC(=O)C(C)(C)C)c6)cc45)nc23)c1. The van der Waals surface area contributed by atoms with E-state index < -0.39 is 11.2 Å². The number of pyridine rings is 3. The molecule has 0 aliphatic carbocycles. The Balaban J connectivity index is 1.35. The standard InChI is InChI=1S/C32H32FN9O2/c1-32(2,3)31(43)37-21-9-19(13-34-14-21)25-12-23-26(17-36-25)40-41-29(23)30-38-27-16-35-15-24(28(27)39-30)18-8-20(33)11-22(10-18)44-7-6-42(4)5/h8-17H,6-7H2,1-5H3,(H,37,43)(H,38,39)(H,40,41). The quantitative estimate of drug-likeness (QED) is 0.205. The minimum absolute atomic E-state index is 0.109. The molecule has 0 bridgehead atoms. The molecule has 12 heteroatoms. The summed E-state index contributed by atoms with van der Waals surface area (Å²) in [4.78, 5) is 35.9. The summed E-state index contributed by atoms with van der Waals surface area (Å²) in [5.74, 6) is 0.428. The fourth-order valence-electron chi connectivity index (χ4n) is 4.63. The zero-order valence-electron chi connectivity index (χ0n) is 25.1. The Morgan fingerprint density at radius 3 is 2.59 bits per heavy atom. The molecule has 0 unspecified atom stereocenters. The van der Waals surface area contributed by atoms with Crippen molar-refractivity contribution in [2.45, 2.75) is 20.8 Å². The van der Waals surface area contributed by atoms with Crippen molar-refractivity contribution in [1.29, 1.82) is 0 Å². The zero-order valence-corrected chi connectivity index (χ0v) is 25.1. The summed E-state index contributed by atoms with van der Waals surface area (Å²) in [5, 5.41) is 11.2. The number of anilines is 1. The van der Waals surface area contributed by atoms with Gasteiger partial charge in [-0.1, -0.05) is 20.8 Å². The third kappa shape index (κ3) is 5.97. The van der Waals surface area contributed by atoms with Crippen molar-refractivity contribution >= 4 is 33.5 Å². The van der Waals surface area contributed by atoms with Crippen LogP contribution in [0.5, 0.6) is 5.75 Å². The Labute approximate surface area is 252 Å². The van der Waals surface area contributed by atoms with Crippen LogP contribution < -0.4 is 10.1 Å². The molecule has 5 heterocycles. The molecule has 6 aromatic rings. The molecule has 0 aliphatic rings. The van der Waals surface area contributed by atoms with Crippen LogP contribution in [-0.4, -0.2) is 73.2 Å². The van der Waals surface area contributed by atoms with Gasteiger partial charge in [0.05, 0.1) is 46.5 Å². The monoisotopic (exact) mass is 593 g/mol. The van der Waals surface area contributed by atoms with E-state index in [1.807, 2.05) is 51.9 Å². The van der Waals surface area contributed by atoms with E-state index in [0.717, 1.165) is 16.5 Å². The van der Waals surface area contributed by atoms with E-state index in [0.29, 0.717) is 64.0 Å². The van der Waals surface area contributed by atoms with Crippen LogP contribution in [0.4, 0.5) is 10.1 Å². The van der Waals surface area contributed by atoms with Crippen LogP contribution in [0.1, 0.15) is 20.8 Å². The summed E-state index contributed by atoms with van der Waals surface area (Å²) in [7, 11) is 3.90. The van der Waals surface area contributed by atoms with Crippen molar-refractivity contribution in [3.63, 3.8) is 0 Å². The maximum absolute atomic E-state index is 14.6. The molecule has 5 aromatic heterocycles. The molecular formula is C32H32FN9O2. The van der Waals surface area contributed by atoms with E-state index in [2.05, 4.69) is 35.5 Å². The van der Waals surface area contributed by atoms with Gasteiger partial charge in [0.2, 0.25) is 5.91 Å². The number of benzene rings is 1. The average molecular weight is 594 g/mol. The maximum atomic E-state index is 14.6. The molecule has 0 aliphatic heterocycles. The molecule has 0 atom stereocenters. The van der Waals surface area contributed by atoms with Crippen molar-refractivity contribution in [1.82, 2.24) is 40.0 Å². The third-order valence-corrected chi connectivity index (χ3v) is 7.03. The second kappa shape index (κ2) is 11.5. The maximum Gasteiger partial charge on any atom is 0.229 e. The number of aromatic nitrogens is 7. The molecule has 224 valence electrons. The number of hydrogen-bond acceptors (Lipinski definition) is 8. The van der Waals surface area contributed by atoms with Gasteiger partial charge in [-0.15, -0.1) is 0 Å². The highest BCUT2D eigenvalue weighted by Gasteiger charge is 2.22. The highest BCUT2D eigenvalue weighted by Crippen LogP contribution is 2.34. The molecule has 0 fully saturated rings. The van der Waals surface area contributed by atoms with E-state index >= 15 is 0 Å². The van der Waals surface area contributed by atoms with Crippen molar-refractivity contribution in [3.05, 3.63) is 67.1 Å². The molecule has 0 saturated heterocycles. The summed E-state index contributed by atoms with van der Waals surface area (Å²) >= 11 is 0. The molecule has 3 N–H and O–H groups in total. The van der Waals surface area contributed by atoms with Gasteiger partial charge < -0.3 is 19.9 Å². The lowest BCUT2D eigenvalue weighted by atomic mass is 9.95. The van der Waals surface area contributed by atoms with Gasteiger partial charge in [0.1, 0.15) is 23.9 Å². The van der Waals surface area contributed by atoms with Gasteiger partial charge in [-0.2, -0.15) is 5.10 Å². The van der Waals surface area contributed by atoms with Crippen LogP contribution >= 0.6 is 0 Å². The third-order valence-electron chi connectivity index (χ3n) is 7.03. The number of aromatic amines is 2. The Hall–Kier alpha value is -5.23. The second-order valence-electron chi connectivity index (χ2n) is 11.8. The van der Waals surface area contributed by atoms with E-state index in [4.69, 9.17) is 9.72 Å². The molecular weight excluding hydrogens is 561 g/mol. The van der Waals surface area contributed by atoms with Crippen LogP contribution in [0.2, 0.25) is 0 Å². The molecule has 1 aromatic carbocycles. The highest BCUT2D eigenvalue weighted by atomic mass is 19.1. The number of amides is 1. The number of ether oxygens (including phenoxy) is 1. The van der Waals surface area contributed by atoms with Crippen LogP contribution in [-0.2, 0) is 4.79 Å². The average Bonchev–Trinajstić information content (AvgIpc) is 3.60. The van der Waals surface area contributed by atoms with Gasteiger partial charge in [0, 0.05) is 46.9 Å². The van der Waals surface area contributed by atoms with E-state index in [1.54, 1.807) is 37.1 Å². The lowest BCUT2D eigenvalue weighted by Gasteiger charge is -2.17. The lowest BCUT2D eigenvalue weighted by molar-refractivity contribution is -0.123. The minimum atomic E-state index is -0.544. The molecule has 0 radical (unpaired) electrons. The van der Waals surface area contributed by atoms with Gasteiger partial charge in [0.15, 0.2) is 5.82 Å². The molecule has 11 nitrogen and oxygen atoms in total. The fourth-order valence-corrected chi connectivity index (χ4v) is 4.63. The van der Waals surface area contributed by atoms with E-state index in [-0.39, 0.29) is 5.91 Å². The number of fused-ring (bicyclic) bond motifs is 2. The number of halogens is 1. The number of rotatable bonds is 8. The number of carbonyl (C=O) groups excluding carboxylic acids is 1. The van der Waals surface area contributed by atoms with Crippen molar-refractivity contribution in [3.8, 4) is 39.7 Å². The van der Waals surface area contributed by atoms with Crippen LogP contribution in [0.25, 0.3) is 55.8 Å². The molecule has 6 rings (SSSR count). The van der Waals surface area contributed by atoms with Gasteiger partial charge in [-0.05, 0) is 43.9 Å². The topological polar surface area (TPSA) is 138 Å². The van der Waals surface area contributed by atoms with E-state index in [1.165, 1.54) is 12.1 Å². The van der Waals surface area contributed by atoms with Crippen LogP contribution in [0.3, 0.4) is 0 Å². The second-order valence-corrected chi connectivity index (χ2v) is 11.8. The number of nitrogens with zero attached hydrogens (tertiary/aromatic N) is 6. The number of hydrogen-bond donors (Lipinski definition) is 3. The van der Waals surface area contributed by atoms with Crippen molar-refractivity contribution < 1.29 is 13.9 Å². The van der Waals surface area contributed by atoms with Gasteiger partial charge in [0.25, 0.3) is 0 Å². The van der Waals surface area contributed by atoms with Crippen LogP contribution in [0.15, 0.2) is 61.3 Å². The molecule has 1 amide bonds. The molecule has 0 saturated carbocycles. The first-order chi connectivity index (χ1) is 21.0. The normalized spacial score (nSPS) is 11.9. The number of nitrogens with one attached hydrogen (secondary N) is 3. The number of likely N-dealkylation sites (N-methyl/N-ethyl adjacent to an activating group) is 1. The summed E-state index contributed by atoms with van der Waals surface area (Å²) in [6.45, 7) is 6.69. The Kier molecular flexibility index (Phi) is 7.52. The summed E-state index contributed by atoms with van der Waals surface area (Å²) < 4.78 is 20.4. The smallest absolute Gasteiger partial charge is 0.229 e. The molecule has 0 spiro atoms. The Morgan fingerprint density at radius 1 is 0.977 bits per heavy atom. The van der Waals surface area contributed by atoms with Crippen molar-refractivity contribution in [2.75, 3.05) is 32.6 Å². The highest BCUT2D eigenvalue weighted by molar-refractivity contribution is 5.98. The zero-order chi connectivity index (χ0) is 31.0. The fraction of sp³-hybridized carbons (Fsp3) is 0.250. The minimum Gasteiger partial charge on any atom is -0.492 e. The van der Waals surface area contributed by atoms with Gasteiger partial charge in [-0.25, -0.2) is 9.37 Å². The predicted octanol–water partition coefficient (Wildman–Crippen LogP) is 5.69. The predicted molar refractivity (Wildman–Crippen MR) is 168 cm³/mol. The van der Waals surface area contributed by atoms with E-state index in [9.17, 15) is 9.18 Å². The molecule has 44 heavy (non-hydrogen) atoms. The van der Waals surface area contributed by atoms with Gasteiger partial charge in [-0.3, -0.25) is 24.8 Å². The summed E-state index contributed by atoms with van der Waals surface area (Å²) in [6, 6.07) is 8.33. The lowest BCUT2D eigenvalue weighted by Crippen LogP contribution is -2.27. The largest absolute Gasteiger partial charge is 0.492 e. The van der Waals surface area contributed by atoms with Gasteiger partial charge >= 0.3 is 0 Å². The Morgan fingerprint density at radius 2 is 1.80 bits per heavy atom. The van der Waals surface area contributed by atoms with Crippen molar-refractivity contribution in [2.24, 2.45) is 5.41 Å².